The first-order chi connectivity index (χ1) is 13.6. The molecule has 0 saturated heterocycles. The number of rotatable bonds is 8. The fraction of sp³-hybridized carbons (Fsp3) is 0.182. The summed E-state index contributed by atoms with van der Waals surface area (Å²) in [4.78, 5) is 0. The molecule has 0 saturated carbocycles. The van der Waals surface area contributed by atoms with Gasteiger partial charge in [-0.05, 0) is 65.3 Å². The van der Waals surface area contributed by atoms with Crippen LogP contribution in [-0.2, 0) is 13.2 Å². The average Bonchev–Trinajstić information content (AvgIpc) is 2.68. The zero-order chi connectivity index (χ0) is 19.9. The molecule has 28 heavy (non-hydrogen) atoms. The monoisotopic (exact) mass is 507 g/mol. The van der Waals surface area contributed by atoms with Gasteiger partial charge in [0.2, 0.25) is 0 Å². The van der Waals surface area contributed by atoms with E-state index < -0.39 is 0 Å². The Bertz CT molecular complexity index is 932. The zero-order valence-electron chi connectivity index (χ0n) is 15.3. The molecule has 0 amide bonds. The molecule has 0 fully saturated rings. The van der Waals surface area contributed by atoms with E-state index in [1.807, 2.05) is 43.3 Å². The third-order valence-electron chi connectivity index (χ3n) is 4.06. The van der Waals surface area contributed by atoms with Crippen LogP contribution in [0.1, 0.15) is 18.1 Å². The van der Waals surface area contributed by atoms with E-state index in [1.54, 1.807) is 18.2 Å². The number of ether oxygens (including phenoxy) is 2. The van der Waals surface area contributed by atoms with Gasteiger partial charge >= 0.3 is 0 Å². The molecule has 3 nitrogen and oxygen atoms in total. The SMILES string of the molecule is CCOc1ccc(NCc2cc(Br)cc(Br)c2OCc2ccccc2F)cc1. The maximum Gasteiger partial charge on any atom is 0.139 e. The third kappa shape index (κ3) is 5.49. The van der Waals surface area contributed by atoms with Crippen LogP contribution in [0.4, 0.5) is 10.1 Å². The third-order valence-corrected chi connectivity index (χ3v) is 5.11. The second-order valence-electron chi connectivity index (χ2n) is 6.07. The van der Waals surface area contributed by atoms with Gasteiger partial charge in [0.25, 0.3) is 0 Å². The molecule has 0 aliphatic carbocycles. The van der Waals surface area contributed by atoms with Crippen molar-refractivity contribution >= 4 is 37.5 Å². The second kappa shape index (κ2) is 9.94. The Morgan fingerprint density at radius 1 is 0.929 bits per heavy atom. The van der Waals surface area contributed by atoms with Crippen LogP contribution in [0.3, 0.4) is 0 Å². The molecule has 146 valence electrons. The molecule has 0 aliphatic rings. The Morgan fingerprint density at radius 2 is 1.68 bits per heavy atom. The average molecular weight is 509 g/mol. The molecule has 0 aliphatic heterocycles. The van der Waals surface area contributed by atoms with Gasteiger partial charge in [-0.1, -0.05) is 34.1 Å². The lowest BCUT2D eigenvalue weighted by atomic mass is 10.2. The standard InChI is InChI=1S/C22H20Br2FNO2/c1-2-27-19-9-7-18(8-10-19)26-13-16-11-17(23)12-20(24)22(16)28-14-15-5-3-4-6-21(15)25/h3-12,26H,2,13-14H2,1H3. The van der Waals surface area contributed by atoms with E-state index in [-0.39, 0.29) is 12.4 Å². The molecule has 0 spiro atoms. The van der Waals surface area contributed by atoms with Gasteiger partial charge in [0, 0.05) is 27.8 Å². The number of benzene rings is 3. The highest BCUT2D eigenvalue weighted by Gasteiger charge is 2.12. The molecule has 6 heteroatoms. The van der Waals surface area contributed by atoms with Crippen molar-refractivity contribution in [1.82, 2.24) is 0 Å². The van der Waals surface area contributed by atoms with Crippen molar-refractivity contribution in [2.45, 2.75) is 20.1 Å². The minimum atomic E-state index is -0.273. The molecule has 0 unspecified atom stereocenters. The summed E-state index contributed by atoms with van der Waals surface area (Å²) < 4.78 is 27.1. The van der Waals surface area contributed by atoms with E-state index in [4.69, 9.17) is 9.47 Å². The van der Waals surface area contributed by atoms with Crippen LogP contribution in [0.2, 0.25) is 0 Å². The molecule has 0 aromatic heterocycles. The van der Waals surface area contributed by atoms with Crippen LogP contribution < -0.4 is 14.8 Å². The van der Waals surface area contributed by atoms with Crippen molar-refractivity contribution in [3.05, 3.63) is 86.6 Å². The zero-order valence-corrected chi connectivity index (χ0v) is 18.5. The lowest BCUT2D eigenvalue weighted by Crippen LogP contribution is -2.05. The Labute approximate surface area is 181 Å². The largest absolute Gasteiger partial charge is 0.494 e. The number of hydrogen-bond acceptors (Lipinski definition) is 3. The summed E-state index contributed by atoms with van der Waals surface area (Å²) in [5.74, 6) is 1.25. The van der Waals surface area contributed by atoms with Crippen LogP contribution in [0.5, 0.6) is 11.5 Å². The fourth-order valence-electron chi connectivity index (χ4n) is 2.70. The Kier molecular flexibility index (Phi) is 7.34. The molecule has 0 bridgehead atoms. The highest BCUT2D eigenvalue weighted by atomic mass is 79.9. The van der Waals surface area contributed by atoms with Crippen LogP contribution in [0, 0.1) is 5.82 Å². The molecule has 1 N–H and O–H groups in total. The van der Waals surface area contributed by atoms with Gasteiger partial charge in [0.15, 0.2) is 0 Å². The molecule has 0 radical (unpaired) electrons. The van der Waals surface area contributed by atoms with Crippen LogP contribution >= 0.6 is 31.9 Å². The van der Waals surface area contributed by atoms with Crippen LogP contribution in [-0.4, -0.2) is 6.61 Å². The summed E-state index contributed by atoms with van der Waals surface area (Å²) in [6.07, 6.45) is 0. The second-order valence-corrected chi connectivity index (χ2v) is 7.84. The lowest BCUT2D eigenvalue weighted by Gasteiger charge is -2.16. The number of halogens is 3. The molecular weight excluding hydrogens is 489 g/mol. The molecular formula is C22H20Br2FNO2. The molecule has 3 rings (SSSR count). The van der Waals surface area contributed by atoms with E-state index in [1.165, 1.54) is 6.07 Å². The van der Waals surface area contributed by atoms with Crippen molar-refractivity contribution in [2.75, 3.05) is 11.9 Å². The predicted molar refractivity (Wildman–Crippen MR) is 118 cm³/mol. The van der Waals surface area contributed by atoms with Gasteiger partial charge < -0.3 is 14.8 Å². The predicted octanol–water partition coefficient (Wildman–Crippen LogP) is 6.94. The van der Waals surface area contributed by atoms with Gasteiger partial charge in [-0.25, -0.2) is 4.39 Å². The molecule has 3 aromatic rings. The van der Waals surface area contributed by atoms with E-state index in [9.17, 15) is 4.39 Å². The van der Waals surface area contributed by atoms with Crippen molar-refractivity contribution in [3.63, 3.8) is 0 Å². The van der Waals surface area contributed by atoms with Crippen LogP contribution in [0.25, 0.3) is 0 Å². The van der Waals surface area contributed by atoms with Crippen LogP contribution in [0.15, 0.2) is 69.6 Å². The van der Waals surface area contributed by atoms with E-state index in [0.29, 0.717) is 24.5 Å². The summed E-state index contributed by atoms with van der Waals surface area (Å²) in [7, 11) is 0. The van der Waals surface area contributed by atoms with Crippen molar-refractivity contribution in [1.29, 1.82) is 0 Å². The minimum Gasteiger partial charge on any atom is -0.494 e. The first-order valence-electron chi connectivity index (χ1n) is 8.87. The number of hydrogen-bond donors (Lipinski definition) is 1. The topological polar surface area (TPSA) is 30.5 Å². The van der Waals surface area contributed by atoms with Crippen molar-refractivity contribution in [3.8, 4) is 11.5 Å². The number of anilines is 1. The summed E-state index contributed by atoms with van der Waals surface area (Å²) in [6, 6.07) is 18.3. The summed E-state index contributed by atoms with van der Waals surface area (Å²) in [5.41, 5.74) is 2.44. The van der Waals surface area contributed by atoms with E-state index in [2.05, 4.69) is 37.2 Å². The summed E-state index contributed by atoms with van der Waals surface area (Å²) in [5, 5.41) is 3.38. The quantitative estimate of drug-likeness (QED) is 0.357. The van der Waals surface area contributed by atoms with Gasteiger partial charge in [0.1, 0.15) is 23.9 Å². The maximum absolute atomic E-state index is 13.9. The van der Waals surface area contributed by atoms with Gasteiger partial charge in [-0.15, -0.1) is 0 Å². The first-order valence-corrected chi connectivity index (χ1v) is 10.5. The molecule has 0 atom stereocenters. The smallest absolute Gasteiger partial charge is 0.139 e. The Balaban J connectivity index is 1.73. The van der Waals surface area contributed by atoms with Crippen molar-refractivity contribution in [2.24, 2.45) is 0 Å². The van der Waals surface area contributed by atoms with Gasteiger partial charge in [-0.2, -0.15) is 0 Å². The van der Waals surface area contributed by atoms with Crippen molar-refractivity contribution < 1.29 is 13.9 Å². The Morgan fingerprint density at radius 3 is 2.39 bits per heavy atom. The maximum atomic E-state index is 13.9. The summed E-state index contributed by atoms with van der Waals surface area (Å²) >= 11 is 7.07. The van der Waals surface area contributed by atoms with E-state index in [0.717, 1.165) is 25.9 Å². The normalized spacial score (nSPS) is 10.6. The molecule has 0 heterocycles. The fourth-order valence-corrected chi connectivity index (χ4v) is 4.13. The summed E-state index contributed by atoms with van der Waals surface area (Å²) in [6.45, 7) is 3.31. The highest BCUT2D eigenvalue weighted by Crippen LogP contribution is 2.34. The Hall–Kier alpha value is -2.05. The lowest BCUT2D eigenvalue weighted by molar-refractivity contribution is 0.295. The van der Waals surface area contributed by atoms with Gasteiger partial charge in [0.05, 0.1) is 11.1 Å². The number of nitrogens with one attached hydrogen (secondary N) is 1. The van der Waals surface area contributed by atoms with E-state index >= 15 is 0 Å². The molecule has 3 aromatic carbocycles. The highest BCUT2D eigenvalue weighted by molar-refractivity contribution is 9.11. The minimum absolute atomic E-state index is 0.156. The van der Waals surface area contributed by atoms with Gasteiger partial charge in [-0.3, -0.25) is 0 Å². The first kappa shape index (κ1) is 20.7.